The molecule has 1 unspecified atom stereocenters. The number of amides is 1. The van der Waals surface area contributed by atoms with Gasteiger partial charge in [0.1, 0.15) is 0 Å². The molecular weight excluding hydrogens is 348 g/mol. The number of rotatable bonds is 7. The van der Waals surface area contributed by atoms with Gasteiger partial charge >= 0.3 is 0 Å². The lowest BCUT2D eigenvalue weighted by Gasteiger charge is -2.19. The molecule has 2 aromatic carbocycles. The Morgan fingerprint density at radius 3 is 2.35 bits per heavy atom. The average Bonchev–Trinajstić information content (AvgIpc) is 2.61. The van der Waals surface area contributed by atoms with Crippen LogP contribution in [0.25, 0.3) is 0 Å². The van der Waals surface area contributed by atoms with E-state index in [1.54, 1.807) is 12.1 Å². The Morgan fingerprint density at radius 1 is 1.12 bits per heavy atom. The number of sulfonamides is 1. The van der Waals surface area contributed by atoms with Crippen molar-refractivity contribution in [3.63, 3.8) is 0 Å². The van der Waals surface area contributed by atoms with Gasteiger partial charge < -0.3 is 5.32 Å². The van der Waals surface area contributed by atoms with E-state index in [1.165, 1.54) is 20.2 Å². The van der Waals surface area contributed by atoms with Crippen LogP contribution < -0.4 is 5.32 Å². The molecule has 0 radical (unpaired) electrons. The van der Waals surface area contributed by atoms with Gasteiger partial charge in [0, 0.05) is 19.8 Å². The summed E-state index contributed by atoms with van der Waals surface area (Å²) in [6, 6.07) is 14.4. The molecule has 2 aromatic rings. The fourth-order valence-electron chi connectivity index (χ4n) is 2.75. The maximum Gasteiger partial charge on any atom is 0.242 e. The highest BCUT2D eigenvalue weighted by Crippen LogP contribution is 2.26. The van der Waals surface area contributed by atoms with Crippen LogP contribution in [0.4, 0.5) is 5.69 Å². The van der Waals surface area contributed by atoms with Gasteiger partial charge in [-0.05, 0) is 36.6 Å². The number of nitrogens with zero attached hydrogens (tertiary/aromatic N) is 1. The molecule has 0 heterocycles. The summed E-state index contributed by atoms with van der Waals surface area (Å²) in [4.78, 5) is 13.0. The van der Waals surface area contributed by atoms with Crippen LogP contribution in [0.2, 0.25) is 0 Å². The minimum absolute atomic E-state index is 0.124. The lowest BCUT2D eigenvalue weighted by molar-refractivity contribution is -0.117. The highest BCUT2D eigenvalue weighted by molar-refractivity contribution is 7.89. The minimum Gasteiger partial charge on any atom is -0.325 e. The van der Waals surface area contributed by atoms with E-state index in [0.29, 0.717) is 5.69 Å². The molecule has 0 fully saturated rings. The second-order valence-electron chi connectivity index (χ2n) is 6.51. The van der Waals surface area contributed by atoms with Crippen LogP contribution in [-0.2, 0) is 14.8 Å². The van der Waals surface area contributed by atoms with E-state index in [0.717, 1.165) is 28.3 Å². The third-order valence-electron chi connectivity index (χ3n) is 4.34. The second-order valence-corrected chi connectivity index (χ2v) is 8.66. The molecule has 0 saturated carbocycles. The highest BCUT2D eigenvalue weighted by atomic mass is 32.2. The van der Waals surface area contributed by atoms with Gasteiger partial charge in [-0.2, -0.15) is 0 Å². The number of carbonyl (C=O) groups is 1. The maximum atomic E-state index is 12.9. The number of nitrogens with one attached hydrogen (secondary N) is 1. The predicted molar refractivity (Wildman–Crippen MR) is 105 cm³/mol. The molecule has 1 atom stereocenters. The molecule has 0 aliphatic carbocycles. The molecule has 2 rings (SSSR count). The largest absolute Gasteiger partial charge is 0.325 e. The normalized spacial score (nSPS) is 12.8. The minimum atomic E-state index is -3.55. The summed E-state index contributed by atoms with van der Waals surface area (Å²) in [5, 5.41) is 2.92. The van der Waals surface area contributed by atoms with Crippen LogP contribution in [0, 0.1) is 6.92 Å². The number of benzene rings is 2. The van der Waals surface area contributed by atoms with Crippen molar-refractivity contribution in [3.8, 4) is 0 Å². The van der Waals surface area contributed by atoms with E-state index >= 15 is 0 Å². The molecule has 5 nitrogen and oxygen atoms in total. The standard InChI is InChI=1S/C20H26N2O3S/c1-5-9-18(16-10-7-6-8-11-16)20(23)21-19-14-17(13-12-15(19)2)26(24,25)22(3)4/h6-8,10-14,18H,5,9H2,1-4H3,(H,21,23). The molecule has 0 saturated heterocycles. The zero-order chi connectivity index (χ0) is 19.3. The fraction of sp³-hybridized carbons (Fsp3) is 0.350. The van der Waals surface area contributed by atoms with Gasteiger partial charge in [0.15, 0.2) is 0 Å². The zero-order valence-corrected chi connectivity index (χ0v) is 16.5. The first-order valence-electron chi connectivity index (χ1n) is 8.66. The predicted octanol–water partition coefficient (Wildman–Crippen LogP) is 3.77. The first-order chi connectivity index (χ1) is 12.3. The van der Waals surface area contributed by atoms with Gasteiger partial charge in [-0.15, -0.1) is 0 Å². The maximum absolute atomic E-state index is 12.9. The van der Waals surface area contributed by atoms with Crippen LogP contribution in [0.3, 0.4) is 0 Å². The van der Waals surface area contributed by atoms with Gasteiger partial charge in [-0.1, -0.05) is 49.7 Å². The molecular formula is C20H26N2O3S. The quantitative estimate of drug-likeness (QED) is 0.802. The van der Waals surface area contributed by atoms with E-state index < -0.39 is 10.0 Å². The topological polar surface area (TPSA) is 66.5 Å². The first kappa shape index (κ1) is 20.1. The van der Waals surface area contributed by atoms with E-state index in [4.69, 9.17) is 0 Å². The molecule has 0 aromatic heterocycles. The van der Waals surface area contributed by atoms with Crippen LogP contribution in [0.5, 0.6) is 0 Å². The van der Waals surface area contributed by atoms with Crippen molar-refractivity contribution in [2.24, 2.45) is 0 Å². The molecule has 140 valence electrons. The summed E-state index contributed by atoms with van der Waals surface area (Å²) < 4.78 is 25.9. The summed E-state index contributed by atoms with van der Waals surface area (Å²) in [7, 11) is -0.580. The number of hydrogen-bond donors (Lipinski definition) is 1. The van der Waals surface area contributed by atoms with Crippen LogP contribution in [0.1, 0.15) is 36.8 Å². The third kappa shape index (κ3) is 4.51. The van der Waals surface area contributed by atoms with Gasteiger partial charge in [0.25, 0.3) is 0 Å². The first-order valence-corrected chi connectivity index (χ1v) is 10.1. The average molecular weight is 375 g/mol. The molecule has 1 amide bonds. The number of carbonyl (C=O) groups excluding carboxylic acids is 1. The number of hydrogen-bond acceptors (Lipinski definition) is 3. The Morgan fingerprint density at radius 2 is 1.77 bits per heavy atom. The molecule has 6 heteroatoms. The van der Waals surface area contributed by atoms with Crippen molar-refractivity contribution in [2.45, 2.75) is 37.5 Å². The Balaban J connectivity index is 2.33. The van der Waals surface area contributed by atoms with Crippen molar-refractivity contribution in [3.05, 3.63) is 59.7 Å². The molecule has 1 N–H and O–H groups in total. The van der Waals surface area contributed by atoms with Crippen LogP contribution in [0.15, 0.2) is 53.4 Å². The number of anilines is 1. The summed E-state index contributed by atoms with van der Waals surface area (Å²) in [5.41, 5.74) is 2.30. The van der Waals surface area contributed by atoms with Gasteiger partial charge in [-0.25, -0.2) is 12.7 Å². The highest BCUT2D eigenvalue weighted by Gasteiger charge is 2.22. The Bertz CT molecular complexity index is 862. The van der Waals surface area contributed by atoms with Gasteiger partial charge in [-0.3, -0.25) is 4.79 Å². The SMILES string of the molecule is CCCC(C(=O)Nc1cc(S(=O)(=O)N(C)C)ccc1C)c1ccccc1. The van der Waals surface area contributed by atoms with E-state index in [9.17, 15) is 13.2 Å². The second kappa shape index (κ2) is 8.47. The number of aryl methyl sites for hydroxylation is 1. The Hall–Kier alpha value is -2.18. The fourth-order valence-corrected chi connectivity index (χ4v) is 3.68. The van der Waals surface area contributed by atoms with Crippen molar-refractivity contribution in [1.29, 1.82) is 0 Å². The van der Waals surface area contributed by atoms with E-state index in [2.05, 4.69) is 5.32 Å². The summed E-state index contributed by atoms with van der Waals surface area (Å²) in [6.07, 6.45) is 1.60. The van der Waals surface area contributed by atoms with Crippen molar-refractivity contribution < 1.29 is 13.2 Å². The summed E-state index contributed by atoms with van der Waals surface area (Å²) >= 11 is 0. The Kier molecular flexibility index (Phi) is 6.56. The zero-order valence-electron chi connectivity index (χ0n) is 15.7. The monoisotopic (exact) mass is 374 g/mol. The molecule has 0 aliphatic heterocycles. The van der Waals surface area contributed by atoms with E-state index in [1.807, 2.05) is 44.2 Å². The smallest absolute Gasteiger partial charge is 0.242 e. The van der Waals surface area contributed by atoms with Crippen molar-refractivity contribution in [2.75, 3.05) is 19.4 Å². The van der Waals surface area contributed by atoms with Crippen molar-refractivity contribution in [1.82, 2.24) is 4.31 Å². The van der Waals surface area contributed by atoms with Crippen LogP contribution >= 0.6 is 0 Å². The molecule has 0 spiro atoms. The van der Waals surface area contributed by atoms with Gasteiger partial charge in [0.2, 0.25) is 15.9 Å². The van der Waals surface area contributed by atoms with Crippen molar-refractivity contribution >= 4 is 21.6 Å². The van der Waals surface area contributed by atoms with E-state index in [-0.39, 0.29) is 16.7 Å². The summed E-state index contributed by atoms with van der Waals surface area (Å²) in [5.74, 6) is -0.393. The molecule has 0 bridgehead atoms. The lowest BCUT2D eigenvalue weighted by atomic mass is 9.93. The van der Waals surface area contributed by atoms with Gasteiger partial charge in [0.05, 0.1) is 10.8 Å². The molecule has 0 aliphatic rings. The summed E-state index contributed by atoms with van der Waals surface area (Å²) in [6.45, 7) is 3.89. The molecule has 26 heavy (non-hydrogen) atoms. The third-order valence-corrected chi connectivity index (χ3v) is 6.15. The Labute approximate surface area is 156 Å². The van der Waals surface area contributed by atoms with Crippen LogP contribution in [-0.4, -0.2) is 32.7 Å². The lowest BCUT2D eigenvalue weighted by Crippen LogP contribution is -2.24.